The molecule has 0 spiro atoms. The summed E-state index contributed by atoms with van der Waals surface area (Å²) in [6, 6.07) is 15.9. The van der Waals surface area contributed by atoms with Crippen molar-refractivity contribution < 1.29 is 17.9 Å². The molecule has 0 fully saturated rings. The number of aryl methyl sites for hydroxylation is 1. The second-order valence-corrected chi connectivity index (χ2v) is 7.91. The molecule has 7 nitrogen and oxygen atoms in total. The van der Waals surface area contributed by atoms with Gasteiger partial charge in [0.25, 0.3) is 10.0 Å². The van der Waals surface area contributed by atoms with Gasteiger partial charge in [-0.05, 0) is 48.4 Å². The average molecular weight is 397 g/mol. The van der Waals surface area contributed by atoms with Crippen molar-refractivity contribution in [1.82, 2.24) is 4.98 Å². The molecule has 0 amide bonds. The normalized spacial score (nSPS) is 12.6. The Morgan fingerprint density at radius 1 is 0.964 bits per heavy atom. The van der Waals surface area contributed by atoms with Crippen LogP contribution >= 0.6 is 0 Å². The fourth-order valence-electron chi connectivity index (χ4n) is 2.76. The van der Waals surface area contributed by atoms with E-state index in [1.54, 1.807) is 24.4 Å². The van der Waals surface area contributed by atoms with Gasteiger partial charge in [-0.3, -0.25) is 4.72 Å². The van der Waals surface area contributed by atoms with Crippen LogP contribution in [0.25, 0.3) is 0 Å². The van der Waals surface area contributed by atoms with Crippen LogP contribution in [0.15, 0.2) is 65.7 Å². The second-order valence-electron chi connectivity index (χ2n) is 6.23. The van der Waals surface area contributed by atoms with Gasteiger partial charge >= 0.3 is 0 Å². The topological polar surface area (TPSA) is 89.5 Å². The van der Waals surface area contributed by atoms with E-state index in [2.05, 4.69) is 34.1 Å². The smallest absolute Gasteiger partial charge is 0.263 e. The van der Waals surface area contributed by atoms with Gasteiger partial charge in [0.2, 0.25) is 6.79 Å². The van der Waals surface area contributed by atoms with E-state index in [-0.39, 0.29) is 17.5 Å². The van der Waals surface area contributed by atoms with Crippen LogP contribution in [0.2, 0.25) is 0 Å². The third-order valence-electron chi connectivity index (χ3n) is 4.31. The summed E-state index contributed by atoms with van der Waals surface area (Å²) in [4.78, 5) is 4.26. The molecule has 2 N–H and O–H groups in total. The molecule has 2 heterocycles. The largest absolute Gasteiger partial charge is 0.454 e. The number of fused-ring (bicyclic) bond motifs is 1. The van der Waals surface area contributed by atoms with Crippen molar-refractivity contribution in [2.75, 3.05) is 16.8 Å². The zero-order valence-electron chi connectivity index (χ0n) is 15.2. The van der Waals surface area contributed by atoms with Gasteiger partial charge in [-0.15, -0.1) is 0 Å². The Bertz CT molecular complexity index is 1080. The number of nitrogens with zero attached hydrogens (tertiary/aromatic N) is 1. The van der Waals surface area contributed by atoms with Gasteiger partial charge in [0.1, 0.15) is 5.82 Å². The molecular formula is C20H19N3O4S. The molecule has 0 atom stereocenters. The highest BCUT2D eigenvalue weighted by Gasteiger charge is 2.20. The molecule has 0 saturated heterocycles. The quantitative estimate of drug-likeness (QED) is 0.655. The maximum Gasteiger partial charge on any atom is 0.263 e. The average Bonchev–Trinajstić information content (AvgIpc) is 3.18. The Balaban J connectivity index is 1.46. The van der Waals surface area contributed by atoms with Crippen molar-refractivity contribution in [1.29, 1.82) is 0 Å². The minimum Gasteiger partial charge on any atom is -0.454 e. The Hall–Kier alpha value is -3.26. The van der Waals surface area contributed by atoms with E-state index in [0.29, 0.717) is 11.5 Å². The van der Waals surface area contributed by atoms with E-state index in [1.807, 2.05) is 12.1 Å². The fourth-order valence-corrected chi connectivity index (χ4v) is 3.78. The van der Waals surface area contributed by atoms with Crippen molar-refractivity contribution >= 4 is 27.2 Å². The van der Waals surface area contributed by atoms with Gasteiger partial charge in [-0.25, -0.2) is 13.4 Å². The summed E-state index contributed by atoms with van der Waals surface area (Å²) < 4.78 is 38.1. The van der Waals surface area contributed by atoms with Gasteiger partial charge in [0.15, 0.2) is 11.5 Å². The Morgan fingerprint density at radius 2 is 1.71 bits per heavy atom. The predicted molar refractivity (Wildman–Crippen MR) is 107 cm³/mol. The lowest BCUT2D eigenvalue weighted by molar-refractivity contribution is 0.174. The van der Waals surface area contributed by atoms with Gasteiger partial charge < -0.3 is 14.8 Å². The summed E-state index contributed by atoms with van der Waals surface area (Å²) in [5, 5.41) is 3.24. The van der Waals surface area contributed by atoms with Crippen molar-refractivity contribution in [3.63, 3.8) is 0 Å². The Labute approximate surface area is 163 Å². The molecule has 144 valence electrons. The zero-order valence-corrected chi connectivity index (χ0v) is 16.0. The summed E-state index contributed by atoms with van der Waals surface area (Å²) >= 11 is 0. The van der Waals surface area contributed by atoms with Crippen molar-refractivity contribution in [2.24, 2.45) is 0 Å². The first-order chi connectivity index (χ1) is 13.5. The zero-order chi connectivity index (χ0) is 19.6. The molecule has 1 aromatic heterocycles. The number of nitrogens with one attached hydrogen (secondary N) is 2. The first-order valence-corrected chi connectivity index (χ1v) is 10.3. The first-order valence-electron chi connectivity index (χ1n) is 8.78. The molecule has 3 aromatic rings. The van der Waals surface area contributed by atoms with Gasteiger partial charge in [-0.1, -0.05) is 19.1 Å². The lowest BCUT2D eigenvalue weighted by Crippen LogP contribution is -2.13. The molecule has 1 aliphatic rings. The molecule has 0 bridgehead atoms. The molecule has 0 saturated carbocycles. The number of hydrogen-bond donors (Lipinski definition) is 2. The number of pyridine rings is 1. The van der Waals surface area contributed by atoms with Crippen LogP contribution in [-0.4, -0.2) is 20.2 Å². The van der Waals surface area contributed by atoms with Crippen molar-refractivity contribution in [2.45, 2.75) is 18.2 Å². The second kappa shape index (κ2) is 7.40. The molecular weight excluding hydrogens is 378 g/mol. The van der Waals surface area contributed by atoms with E-state index < -0.39 is 10.0 Å². The van der Waals surface area contributed by atoms with Gasteiger partial charge in [0, 0.05) is 11.8 Å². The number of anilines is 3. The monoisotopic (exact) mass is 397 g/mol. The molecule has 2 aromatic carbocycles. The standard InChI is InChI=1S/C20H19N3O4S/c1-2-14-3-5-15(6-4-14)22-16-7-10-20(21-12-16)23-28(24,25)17-8-9-18-19(11-17)27-13-26-18/h3-12,22H,2,13H2,1H3,(H,21,23). The summed E-state index contributed by atoms with van der Waals surface area (Å²) in [5.74, 6) is 1.16. The molecule has 0 unspecified atom stereocenters. The Morgan fingerprint density at radius 3 is 2.43 bits per heavy atom. The van der Waals surface area contributed by atoms with E-state index in [1.165, 1.54) is 17.7 Å². The van der Waals surface area contributed by atoms with Gasteiger partial charge in [-0.2, -0.15) is 0 Å². The number of sulfonamides is 1. The number of ether oxygens (including phenoxy) is 2. The van der Waals surface area contributed by atoms with Crippen LogP contribution in [0, 0.1) is 0 Å². The third kappa shape index (κ3) is 3.86. The summed E-state index contributed by atoms with van der Waals surface area (Å²) in [6.07, 6.45) is 2.56. The fraction of sp³-hybridized carbons (Fsp3) is 0.150. The number of hydrogen-bond acceptors (Lipinski definition) is 6. The van der Waals surface area contributed by atoms with Crippen LogP contribution in [-0.2, 0) is 16.4 Å². The minimum absolute atomic E-state index is 0.0803. The van der Waals surface area contributed by atoms with Crippen LogP contribution in [0.5, 0.6) is 11.5 Å². The maximum absolute atomic E-state index is 12.6. The number of rotatable bonds is 6. The molecule has 4 rings (SSSR count). The first kappa shape index (κ1) is 18.1. The highest BCUT2D eigenvalue weighted by molar-refractivity contribution is 7.92. The maximum atomic E-state index is 12.6. The van der Waals surface area contributed by atoms with Gasteiger partial charge in [0.05, 0.1) is 16.8 Å². The van der Waals surface area contributed by atoms with Crippen LogP contribution in [0.3, 0.4) is 0 Å². The highest BCUT2D eigenvalue weighted by Crippen LogP contribution is 2.34. The molecule has 1 aliphatic heterocycles. The van der Waals surface area contributed by atoms with E-state index in [0.717, 1.165) is 17.8 Å². The summed E-state index contributed by atoms with van der Waals surface area (Å²) in [6.45, 7) is 2.19. The van der Waals surface area contributed by atoms with Crippen LogP contribution < -0.4 is 19.5 Å². The number of aromatic nitrogens is 1. The Kier molecular flexibility index (Phi) is 4.79. The lowest BCUT2D eigenvalue weighted by atomic mass is 10.1. The minimum atomic E-state index is -3.78. The predicted octanol–water partition coefficient (Wildman–Crippen LogP) is 3.92. The van der Waals surface area contributed by atoms with Crippen LogP contribution in [0.1, 0.15) is 12.5 Å². The van der Waals surface area contributed by atoms with Crippen molar-refractivity contribution in [3.8, 4) is 11.5 Å². The van der Waals surface area contributed by atoms with Crippen LogP contribution in [0.4, 0.5) is 17.2 Å². The van der Waals surface area contributed by atoms with E-state index in [9.17, 15) is 8.42 Å². The highest BCUT2D eigenvalue weighted by atomic mass is 32.2. The molecule has 28 heavy (non-hydrogen) atoms. The lowest BCUT2D eigenvalue weighted by Gasteiger charge is -2.10. The number of benzene rings is 2. The summed E-state index contributed by atoms with van der Waals surface area (Å²) in [5.41, 5.74) is 2.96. The SMILES string of the molecule is CCc1ccc(Nc2ccc(NS(=O)(=O)c3ccc4c(c3)OCO4)nc2)cc1. The molecule has 8 heteroatoms. The molecule has 0 aliphatic carbocycles. The third-order valence-corrected chi connectivity index (χ3v) is 5.66. The molecule has 0 radical (unpaired) electrons. The summed E-state index contributed by atoms with van der Waals surface area (Å²) in [7, 11) is -3.78. The van der Waals surface area contributed by atoms with E-state index in [4.69, 9.17) is 9.47 Å². The van der Waals surface area contributed by atoms with E-state index >= 15 is 0 Å². The van der Waals surface area contributed by atoms with Crippen molar-refractivity contribution in [3.05, 3.63) is 66.4 Å².